The molecule has 0 spiro atoms. The van der Waals surface area contributed by atoms with Crippen molar-refractivity contribution in [1.82, 2.24) is 0 Å². The van der Waals surface area contributed by atoms with E-state index in [9.17, 15) is 17.6 Å². The largest absolute Gasteiger partial charge is 0.573 e. The monoisotopic (exact) mass is 318 g/mol. The van der Waals surface area contributed by atoms with Crippen LogP contribution in [-0.2, 0) is 0 Å². The second kappa shape index (κ2) is 5.93. The van der Waals surface area contributed by atoms with Gasteiger partial charge in [0, 0.05) is 0 Å². The minimum absolute atomic E-state index is 0.314. The van der Waals surface area contributed by atoms with Crippen LogP contribution >= 0.6 is 11.6 Å². The second-order valence-corrected chi connectivity index (χ2v) is 4.92. The first-order chi connectivity index (χ1) is 9.76. The van der Waals surface area contributed by atoms with Crippen molar-refractivity contribution < 1.29 is 22.3 Å². The molecule has 0 aliphatic carbocycles. The van der Waals surface area contributed by atoms with Crippen LogP contribution in [0, 0.1) is 12.7 Å². The number of ether oxygens (including phenoxy) is 1. The van der Waals surface area contributed by atoms with Gasteiger partial charge >= 0.3 is 6.36 Å². The van der Waals surface area contributed by atoms with Crippen LogP contribution < -0.4 is 4.74 Å². The molecular weight excluding hydrogens is 308 g/mol. The molecule has 112 valence electrons. The van der Waals surface area contributed by atoms with Gasteiger partial charge in [-0.3, -0.25) is 0 Å². The minimum Gasteiger partial charge on any atom is -0.406 e. The average Bonchev–Trinajstić information content (AvgIpc) is 2.40. The second-order valence-electron chi connectivity index (χ2n) is 4.49. The summed E-state index contributed by atoms with van der Waals surface area (Å²) < 4.78 is 53.2. The number of aryl methyl sites for hydroxylation is 1. The zero-order valence-electron chi connectivity index (χ0n) is 10.9. The zero-order chi connectivity index (χ0) is 15.6. The molecule has 2 aromatic rings. The van der Waals surface area contributed by atoms with Crippen molar-refractivity contribution in [1.29, 1.82) is 0 Å². The Morgan fingerprint density at radius 3 is 2.10 bits per heavy atom. The van der Waals surface area contributed by atoms with E-state index in [4.69, 9.17) is 11.6 Å². The van der Waals surface area contributed by atoms with Gasteiger partial charge in [0.1, 0.15) is 11.6 Å². The molecule has 0 aromatic heterocycles. The lowest BCUT2D eigenvalue weighted by Crippen LogP contribution is -2.17. The summed E-state index contributed by atoms with van der Waals surface area (Å²) in [4.78, 5) is 0. The van der Waals surface area contributed by atoms with Crippen molar-refractivity contribution in [3.8, 4) is 5.75 Å². The Bertz CT molecular complexity index is 623. The Morgan fingerprint density at radius 2 is 1.57 bits per heavy atom. The van der Waals surface area contributed by atoms with Crippen molar-refractivity contribution in [3.05, 3.63) is 65.0 Å². The van der Waals surface area contributed by atoms with E-state index in [2.05, 4.69) is 4.74 Å². The predicted molar refractivity (Wildman–Crippen MR) is 72.0 cm³/mol. The van der Waals surface area contributed by atoms with Crippen LogP contribution in [0.3, 0.4) is 0 Å². The first-order valence-electron chi connectivity index (χ1n) is 6.02. The Hall–Kier alpha value is -1.75. The van der Waals surface area contributed by atoms with Gasteiger partial charge in [-0.25, -0.2) is 4.39 Å². The fourth-order valence-corrected chi connectivity index (χ4v) is 2.14. The summed E-state index contributed by atoms with van der Waals surface area (Å²) in [7, 11) is 0. The third-order valence-corrected chi connectivity index (χ3v) is 3.38. The van der Waals surface area contributed by atoms with E-state index in [0.29, 0.717) is 16.7 Å². The fraction of sp³-hybridized carbons (Fsp3) is 0.200. The SMILES string of the molecule is Cc1cc(C(Cl)c2ccc(OC(F)(F)F)cc2)ccc1F. The summed E-state index contributed by atoms with van der Waals surface area (Å²) in [5, 5.41) is -0.579. The summed E-state index contributed by atoms with van der Waals surface area (Å²) >= 11 is 6.26. The molecule has 2 rings (SSSR count). The quantitative estimate of drug-likeness (QED) is 0.547. The lowest BCUT2D eigenvalue weighted by atomic mass is 10.0. The first kappa shape index (κ1) is 15.6. The van der Waals surface area contributed by atoms with Gasteiger partial charge in [0.15, 0.2) is 0 Å². The van der Waals surface area contributed by atoms with E-state index in [0.717, 1.165) is 0 Å². The summed E-state index contributed by atoms with van der Waals surface area (Å²) in [5.74, 6) is -0.651. The van der Waals surface area contributed by atoms with Crippen LogP contribution in [0.2, 0.25) is 0 Å². The van der Waals surface area contributed by atoms with Crippen LogP contribution in [-0.4, -0.2) is 6.36 Å². The predicted octanol–water partition coefficient (Wildman–Crippen LogP) is 5.36. The Balaban J connectivity index is 2.19. The van der Waals surface area contributed by atoms with Crippen LogP contribution in [0.15, 0.2) is 42.5 Å². The van der Waals surface area contributed by atoms with Gasteiger partial charge in [-0.1, -0.05) is 24.3 Å². The van der Waals surface area contributed by atoms with Gasteiger partial charge in [-0.15, -0.1) is 24.8 Å². The highest BCUT2D eigenvalue weighted by Crippen LogP contribution is 2.31. The molecule has 1 unspecified atom stereocenters. The number of halogens is 5. The van der Waals surface area contributed by atoms with E-state index >= 15 is 0 Å². The molecule has 0 saturated carbocycles. The lowest BCUT2D eigenvalue weighted by Gasteiger charge is -2.13. The molecule has 0 amide bonds. The molecule has 0 heterocycles. The van der Waals surface area contributed by atoms with E-state index in [-0.39, 0.29) is 11.6 Å². The molecule has 0 fully saturated rings. The number of benzene rings is 2. The fourth-order valence-electron chi connectivity index (χ4n) is 1.86. The maximum Gasteiger partial charge on any atom is 0.573 e. The van der Waals surface area contributed by atoms with Gasteiger partial charge < -0.3 is 4.74 Å². The number of rotatable bonds is 3. The molecule has 6 heteroatoms. The molecular formula is C15H11ClF4O. The maximum absolute atomic E-state index is 13.2. The van der Waals surface area contributed by atoms with Crippen LogP contribution in [0.5, 0.6) is 5.75 Å². The molecule has 0 saturated heterocycles. The van der Waals surface area contributed by atoms with Gasteiger partial charge in [-0.05, 0) is 41.8 Å². The van der Waals surface area contributed by atoms with Gasteiger partial charge in [0.2, 0.25) is 0 Å². The maximum atomic E-state index is 13.2. The summed E-state index contributed by atoms with van der Waals surface area (Å²) in [6, 6.07) is 9.71. The first-order valence-corrected chi connectivity index (χ1v) is 6.46. The molecule has 21 heavy (non-hydrogen) atoms. The highest BCUT2D eigenvalue weighted by molar-refractivity contribution is 6.22. The number of hydrogen-bond donors (Lipinski definition) is 0. The Labute approximate surface area is 124 Å². The van der Waals surface area contributed by atoms with Crippen molar-refractivity contribution in [2.24, 2.45) is 0 Å². The molecule has 1 nitrogen and oxygen atoms in total. The van der Waals surface area contributed by atoms with E-state index in [1.165, 1.54) is 30.3 Å². The summed E-state index contributed by atoms with van der Waals surface area (Å²) in [5.41, 5.74) is 1.72. The minimum atomic E-state index is -4.73. The van der Waals surface area contributed by atoms with Gasteiger partial charge in [-0.2, -0.15) is 0 Å². The lowest BCUT2D eigenvalue weighted by molar-refractivity contribution is -0.274. The van der Waals surface area contributed by atoms with Crippen molar-refractivity contribution in [2.45, 2.75) is 18.7 Å². The molecule has 0 N–H and O–H groups in total. The number of alkyl halides is 4. The van der Waals surface area contributed by atoms with E-state index < -0.39 is 11.7 Å². The third kappa shape index (κ3) is 4.11. The molecule has 0 aliphatic heterocycles. The van der Waals surface area contributed by atoms with Gasteiger partial charge in [0.25, 0.3) is 0 Å². The van der Waals surface area contributed by atoms with Crippen molar-refractivity contribution in [2.75, 3.05) is 0 Å². The highest BCUT2D eigenvalue weighted by atomic mass is 35.5. The van der Waals surface area contributed by atoms with E-state index in [1.807, 2.05) is 0 Å². The Kier molecular flexibility index (Phi) is 4.42. The Morgan fingerprint density at radius 1 is 1.00 bits per heavy atom. The van der Waals surface area contributed by atoms with Crippen LogP contribution in [0.4, 0.5) is 17.6 Å². The molecule has 0 aliphatic rings. The highest BCUT2D eigenvalue weighted by Gasteiger charge is 2.31. The van der Waals surface area contributed by atoms with Crippen LogP contribution in [0.25, 0.3) is 0 Å². The topological polar surface area (TPSA) is 9.23 Å². The molecule has 0 radical (unpaired) electrons. The van der Waals surface area contributed by atoms with Gasteiger partial charge in [0.05, 0.1) is 5.38 Å². The molecule has 0 bridgehead atoms. The number of hydrogen-bond acceptors (Lipinski definition) is 1. The van der Waals surface area contributed by atoms with Crippen molar-refractivity contribution >= 4 is 11.6 Å². The third-order valence-electron chi connectivity index (χ3n) is 2.88. The summed E-state index contributed by atoms with van der Waals surface area (Å²) in [6.45, 7) is 1.61. The normalized spacial score (nSPS) is 13.0. The summed E-state index contributed by atoms with van der Waals surface area (Å²) in [6.07, 6.45) is -4.73. The standard InChI is InChI=1S/C15H11ClF4O/c1-9-8-11(4-7-13(9)17)14(16)10-2-5-12(6-3-10)21-15(18,19)20/h2-8,14H,1H3. The van der Waals surface area contributed by atoms with Crippen molar-refractivity contribution in [3.63, 3.8) is 0 Å². The van der Waals surface area contributed by atoms with Crippen LogP contribution in [0.1, 0.15) is 22.1 Å². The zero-order valence-corrected chi connectivity index (χ0v) is 11.7. The molecule has 2 aromatic carbocycles. The smallest absolute Gasteiger partial charge is 0.406 e. The van der Waals surface area contributed by atoms with E-state index in [1.54, 1.807) is 19.1 Å². The molecule has 1 atom stereocenters. The average molecular weight is 319 g/mol.